The highest BCUT2D eigenvalue weighted by Gasteiger charge is 2.34. The molecule has 2 aromatic rings. The molecule has 2 heterocycles. The van der Waals surface area contributed by atoms with E-state index in [1.807, 2.05) is 41.3 Å². The van der Waals surface area contributed by atoms with Crippen molar-refractivity contribution in [3.8, 4) is 0 Å². The number of carbonyl (C=O) groups excluding carboxylic acids is 1. The third kappa shape index (κ3) is 3.82. The van der Waals surface area contributed by atoms with E-state index in [1.165, 1.54) is 5.69 Å². The first-order valence-corrected chi connectivity index (χ1v) is 9.57. The Labute approximate surface area is 160 Å². The van der Waals surface area contributed by atoms with E-state index in [9.17, 15) is 4.79 Å². The Kier molecular flexibility index (Phi) is 5.10. The van der Waals surface area contributed by atoms with Gasteiger partial charge in [-0.3, -0.25) is 4.79 Å². The van der Waals surface area contributed by atoms with Crippen molar-refractivity contribution in [3.63, 3.8) is 0 Å². The van der Waals surface area contributed by atoms with Gasteiger partial charge in [-0.15, -0.1) is 0 Å². The molecule has 1 fully saturated rings. The number of hydrogen-bond donors (Lipinski definition) is 0. The highest BCUT2D eigenvalue weighted by atomic mass is 16.6. The van der Waals surface area contributed by atoms with Gasteiger partial charge in [0.1, 0.15) is 0 Å². The second kappa shape index (κ2) is 7.82. The normalized spacial score (nSPS) is 20.1. The Morgan fingerprint density at radius 3 is 2.33 bits per heavy atom. The average Bonchev–Trinajstić information content (AvgIpc) is 3.24. The van der Waals surface area contributed by atoms with Crippen LogP contribution in [0.3, 0.4) is 0 Å². The quantitative estimate of drug-likeness (QED) is 0.837. The third-order valence-corrected chi connectivity index (χ3v) is 5.54. The van der Waals surface area contributed by atoms with Crippen molar-refractivity contribution >= 4 is 17.3 Å². The van der Waals surface area contributed by atoms with Crippen molar-refractivity contribution in [2.75, 3.05) is 25.0 Å². The molecule has 2 aliphatic rings. The maximum atomic E-state index is 12.8. The Morgan fingerprint density at radius 2 is 1.67 bits per heavy atom. The van der Waals surface area contributed by atoms with E-state index >= 15 is 0 Å². The molecule has 1 saturated heterocycles. The van der Waals surface area contributed by atoms with Crippen LogP contribution in [0.25, 0.3) is 0 Å². The first kappa shape index (κ1) is 17.6. The largest absolute Gasteiger partial charge is 0.382 e. The predicted octanol–water partition coefficient (Wildman–Crippen LogP) is 3.31. The molecule has 1 amide bonds. The second-order valence-electron chi connectivity index (χ2n) is 7.21. The number of amides is 1. The Balaban J connectivity index is 1.31. The second-order valence-corrected chi connectivity index (χ2v) is 7.21. The van der Waals surface area contributed by atoms with Crippen LogP contribution in [0.15, 0.2) is 65.8 Å². The molecular formula is C22H25N3O2. The summed E-state index contributed by atoms with van der Waals surface area (Å²) in [7, 11) is 2.14. The van der Waals surface area contributed by atoms with E-state index in [2.05, 4.69) is 41.4 Å². The van der Waals surface area contributed by atoms with Gasteiger partial charge < -0.3 is 14.6 Å². The fourth-order valence-electron chi connectivity index (χ4n) is 3.86. The van der Waals surface area contributed by atoms with E-state index < -0.39 is 6.10 Å². The van der Waals surface area contributed by atoms with Gasteiger partial charge in [-0.05, 0) is 30.5 Å². The SMILES string of the molecule is CN(c1ccccc1)C1CCN(C(=O)C2CC(c3ccccc3)=NO2)CC1. The minimum Gasteiger partial charge on any atom is -0.382 e. The fourth-order valence-corrected chi connectivity index (χ4v) is 3.86. The molecule has 2 aromatic carbocycles. The Hall–Kier alpha value is -2.82. The lowest BCUT2D eigenvalue weighted by Gasteiger charge is -2.38. The molecule has 1 unspecified atom stereocenters. The van der Waals surface area contributed by atoms with Crippen LogP contribution in [0.5, 0.6) is 0 Å². The summed E-state index contributed by atoms with van der Waals surface area (Å²) in [5.74, 6) is 0.0606. The summed E-state index contributed by atoms with van der Waals surface area (Å²) < 4.78 is 0. The molecule has 0 radical (unpaired) electrons. The molecule has 4 rings (SSSR count). The van der Waals surface area contributed by atoms with Gasteiger partial charge in [0.25, 0.3) is 5.91 Å². The standard InChI is InChI=1S/C22H25N3O2/c1-24(18-10-6-3-7-11-18)19-12-14-25(15-13-19)22(26)21-16-20(23-27-21)17-8-4-2-5-9-17/h2-11,19,21H,12-16H2,1H3. The highest BCUT2D eigenvalue weighted by Crippen LogP contribution is 2.24. The van der Waals surface area contributed by atoms with E-state index in [0.717, 1.165) is 37.2 Å². The van der Waals surface area contributed by atoms with Gasteiger partial charge in [0.05, 0.1) is 5.71 Å². The number of nitrogens with zero attached hydrogens (tertiary/aromatic N) is 3. The van der Waals surface area contributed by atoms with Crippen LogP contribution >= 0.6 is 0 Å². The average molecular weight is 363 g/mol. The highest BCUT2D eigenvalue weighted by molar-refractivity contribution is 6.04. The smallest absolute Gasteiger partial charge is 0.266 e. The van der Waals surface area contributed by atoms with Crippen LogP contribution in [0.1, 0.15) is 24.8 Å². The lowest BCUT2D eigenvalue weighted by Crippen LogP contribution is -2.48. The topological polar surface area (TPSA) is 45.1 Å². The van der Waals surface area contributed by atoms with Gasteiger partial charge in [0.2, 0.25) is 6.10 Å². The van der Waals surface area contributed by atoms with Crippen molar-refractivity contribution in [2.24, 2.45) is 5.16 Å². The molecule has 5 nitrogen and oxygen atoms in total. The summed E-state index contributed by atoms with van der Waals surface area (Å²) in [6.45, 7) is 1.53. The van der Waals surface area contributed by atoms with Gasteiger partial charge in [0, 0.05) is 38.3 Å². The van der Waals surface area contributed by atoms with Crippen molar-refractivity contribution < 1.29 is 9.63 Å². The molecular weight excluding hydrogens is 338 g/mol. The van der Waals surface area contributed by atoms with Gasteiger partial charge in [-0.1, -0.05) is 53.7 Å². The molecule has 5 heteroatoms. The summed E-state index contributed by atoms with van der Waals surface area (Å²) in [6.07, 6.45) is 2.00. The Bertz CT molecular complexity index is 799. The molecule has 27 heavy (non-hydrogen) atoms. The maximum absolute atomic E-state index is 12.8. The predicted molar refractivity (Wildman–Crippen MR) is 107 cm³/mol. The molecule has 0 aliphatic carbocycles. The lowest BCUT2D eigenvalue weighted by atomic mass is 10.0. The zero-order valence-electron chi connectivity index (χ0n) is 15.6. The maximum Gasteiger partial charge on any atom is 0.266 e. The van der Waals surface area contributed by atoms with Crippen LogP contribution in [-0.4, -0.2) is 48.8 Å². The van der Waals surface area contributed by atoms with E-state index in [0.29, 0.717) is 12.5 Å². The number of benzene rings is 2. The van der Waals surface area contributed by atoms with Gasteiger partial charge in [-0.2, -0.15) is 0 Å². The van der Waals surface area contributed by atoms with E-state index in [4.69, 9.17) is 4.84 Å². The van der Waals surface area contributed by atoms with Crippen molar-refractivity contribution in [1.82, 2.24) is 4.90 Å². The van der Waals surface area contributed by atoms with Crippen LogP contribution in [0.4, 0.5) is 5.69 Å². The number of carbonyl (C=O) groups is 1. The molecule has 0 N–H and O–H groups in total. The zero-order valence-corrected chi connectivity index (χ0v) is 15.6. The van der Waals surface area contributed by atoms with Crippen molar-refractivity contribution in [3.05, 3.63) is 66.2 Å². The molecule has 140 valence electrons. The van der Waals surface area contributed by atoms with Crippen molar-refractivity contribution in [1.29, 1.82) is 0 Å². The fraction of sp³-hybridized carbons (Fsp3) is 0.364. The minimum atomic E-state index is -0.483. The number of hydrogen-bond acceptors (Lipinski definition) is 4. The summed E-state index contributed by atoms with van der Waals surface area (Å²) in [6, 6.07) is 20.8. The van der Waals surface area contributed by atoms with Crippen LogP contribution < -0.4 is 4.90 Å². The molecule has 0 bridgehead atoms. The number of anilines is 1. The number of oxime groups is 1. The van der Waals surface area contributed by atoms with Crippen LogP contribution in [0.2, 0.25) is 0 Å². The molecule has 2 aliphatic heterocycles. The number of para-hydroxylation sites is 1. The molecule has 1 atom stereocenters. The first-order chi connectivity index (χ1) is 13.2. The summed E-state index contributed by atoms with van der Waals surface area (Å²) in [5.41, 5.74) is 3.10. The van der Waals surface area contributed by atoms with Gasteiger partial charge in [-0.25, -0.2) is 0 Å². The summed E-state index contributed by atoms with van der Waals surface area (Å²) >= 11 is 0. The lowest BCUT2D eigenvalue weighted by molar-refractivity contribution is -0.143. The van der Waals surface area contributed by atoms with Crippen molar-refractivity contribution in [2.45, 2.75) is 31.4 Å². The van der Waals surface area contributed by atoms with Crippen LogP contribution in [0, 0.1) is 0 Å². The summed E-state index contributed by atoms with van der Waals surface area (Å²) in [4.78, 5) is 22.6. The first-order valence-electron chi connectivity index (χ1n) is 9.57. The van der Waals surface area contributed by atoms with Crippen LogP contribution in [-0.2, 0) is 9.63 Å². The van der Waals surface area contributed by atoms with Gasteiger partial charge >= 0.3 is 0 Å². The minimum absolute atomic E-state index is 0.0606. The van der Waals surface area contributed by atoms with E-state index in [1.54, 1.807) is 0 Å². The zero-order chi connectivity index (χ0) is 18.6. The third-order valence-electron chi connectivity index (χ3n) is 5.54. The number of piperidine rings is 1. The number of likely N-dealkylation sites (tertiary alicyclic amines) is 1. The molecule has 0 spiro atoms. The summed E-state index contributed by atoms with van der Waals surface area (Å²) in [5, 5.41) is 4.15. The molecule has 0 aromatic heterocycles. The number of rotatable bonds is 4. The van der Waals surface area contributed by atoms with E-state index in [-0.39, 0.29) is 5.91 Å². The Morgan fingerprint density at radius 1 is 1.04 bits per heavy atom. The van der Waals surface area contributed by atoms with Gasteiger partial charge in [0.15, 0.2) is 0 Å². The monoisotopic (exact) mass is 363 g/mol. The molecule has 0 saturated carbocycles.